The Balaban J connectivity index is 1.50. The van der Waals surface area contributed by atoms with Crippen LogP contribution in [0, 0.1) is 0 Å². The minimum atomic E-state index is -0.155. The fraction of sp³-hybridized carbons (Fsp3) is 0.129. The second-order valence-corrected chi connectivity index (χ2v) is 9.02. The molecule has 0 saturated heterocycles. The second-order valence-electron chi connectivity index (χ2n) is 9.02. The summed E-state index contributed by atoms with van der Waals surface area (Å²) >= 11 is 0. The van der Waals surface area contributed by atoms with Gasteiger partial charge in [-0.15, -0.1) is 0 Å². The van der Waals surface area contributed by atoms with E-state index in [1.165, 1.54) is 16.2 Å². The SMILES string of the molecule is COc1ccc(CN2C(=O)C=CC2c2c(-c3ccc4ccccc4c3)n(C)c3ccccc23)cc1. The molecule has 1 amide bonds. The van der Waals surface area contributed by atoms with Crippen LogP contribution in [0.2, 0.25) is 0 Å². The Morgan fingerprint density at radius 1 is 0.857 bits per heavy atom. The molecule has 1 unspecified atom stereocenters. The smallest absolute Gasteiger partial charge is 0.247 e. The molecule has 6 rings (SSSR count). The third-order valence-electron chi connectivity index (χ3n) is 7.02. The first-order valence-corrected chi connectivity index (χ1v) is 11.8. The third kappa shape index (κ3) is 3.58. The van der Waals surface area contributed by atoms with Crippen LogP contribution in [0.4, 0.5) is 0 Å². The number of aromatic nitrogens is 1. The van der Waals surface area contributed by atoms with Crippen LogP contribution in [0.5, 0.6) is 5.75 Å². The summed E-state index contributed by atoms with van der Waals surface area (Å²) in [6.45, 7) is 0.529. The van der Waals surface area contributed by atoms with Crippen LogP contribution in [0.1, 0.15) is 17.2 Å². The van der Waals surface area contributed by atoms with E-state index in [0.717, 1.165) is 33.7 Å². The molecule has 1 atom stereocenters. The van der Waals surface area contributed by atoms with Crippen molar-refractivity contribution >= 4 is 27.6 Å². The molecular formula is C31H26N2O2. The lowest BCUT2D eigenvalue weighted by Crippen LogP contribution is -2.28. The molecule has 1 aromatic heterocycles. The highest BCUT2D eigenvalue weighted by Crippen LogP contribution is 2.42. The van der Waals surface area contributed by atoms with Gasteiger partial charge < -0.3 is 14.2 Å². The summed E-state index contributed by atoms with van der Waals surface area (Å²) in [6, 6.07) is 31.3. The Morgan fingerprint density at radius 2 is 1.60 bits per heavy atom. The molecule has 35 heavy (non-hydrogen) atoms. The standard InChI is InChI=1S/C31H26N2O2/c1-32-27-10-6-5-9-26(27)30(31(32)24-14-13-22-7-3-4-8-23(22)19-24)28-17-18-29(34)33(28)20-21-11-15-25(35-2)16-12-21/h3-19,28H,20H2,1-2H3. The molecule has 0 aliphatic carbocycles. The molecule has 0 radical (unpaired) electrons. The second kappa shape index (κ2) is 8.48. The van der Waals surface area contributed by atoms with E-state index in [0.29, 0.717) is 6.54 Å². The summed E-state index contributed by atoms with van der Waals surface area (Å²) in [6.07, 6.45) is 3.75. The summed E-state index contributed by atoms with van der Waals surface area (Å²) in [7, 11) is 3.78. The molecule has 4 heteroatoms. The Hall–Kier alpha value is -4.31. The van der Waals surface area contributed by atoms with Gasteiger partial charge in [-0.25, -0.2) is 0 Å². The van der Waals surface area contributed by atoms with Gasteiger partial charge in [0.15, 0.2) is 0 Å². The van der Waals surface area contributed by atoms with Crippen molar-refractivity contribution in [3.63, 3.8) is 0 Å². The van der Waals surface area contributed by atoms with Crippen molar-refractivity contribution in [3.05, 3.63) is 114 Å². The van der Waals surface area contributed by atoms with Crippen molar-refractivity contribution in [2.75, 3.05) is 7.11 Å². The maximum Gasteiger partial charge on any atom is 0.247 e. The normalized spacial score (nSPS) is 15.4. The monoisotopic (exact) mass is 458 g/mol. The Kier molecular flexibility index (Phi) is 5.14. The minimum Gasteiger partial charge on any atom is -0.497 e. The highest BCUT2D eigenvalue weighted by molar-refractivity contribution is 5.98. The molecule has 0 spiro atoms. The number of hydrogen-bond donors (Lipinski definition) is 0. The van der Waals surface area contributed by atoms with Crippen molar-refractivity contribution in [1.29, 1.82) is 0 Å². The number of para-hydroxylation sites is 1. The number of nitrogens with zero attached hydrogens (tertiary/aromatic N) is 2. The maximum atomic E-state index is 13.1. The number of carbonyl (C=O) groups is 1. The molecule has 5 aromatic rings. The average Bonchev–Trinajstić information content (AvgIpc) is 3.40. The zero-order chi connectivity index (χ0) is 23.9. The van der Waals surface area contributed by atoms with E-state index in [4.69, 9.17) is 4.74 Å². The number of methoxy groups -OCH3 is 1. The summed E-state index contributed by atoms with van der Waals surface area (Å²) in [5.74, 6) is 0.840. The highest BCUT2D eigenvalue weighted by Gasteiger charge is 2.32. The molecule has 1 aliphatic heterocycles. The Morgan fingerprint density at radius 3 is 2.40 bits per heavy atom. The quantitative estimate of drug-likeness (QED) is 0.296. The molecule has 0 N–H and O–H groups in total. The third-order valence-corrected chi connectivity index (χ3v) is 7.02. The number of rotatable bonds is 5. The predicted molar refractivity (Wildman–Crippen MR) is 141 cm³/mol. The summed E-state index contributed by atoms with van der Waals surface area (Å²) in [4.78, 5) is 15.0. The zero-order valence-electron chi connectivity index (χ0n) is 19.8. The van der Waals surface area contributed by atoms with Crippen LogP contribution in [-0.4, -0.2) is 22.5 Å². The molecule has 0 bridgehead atoms. The summed E-state index contributed by atoms with van der Waals surface area (Å²) in [5, 5.41) is 3.59. The Bertz CT molecular complexity index is 1590. The number of ether oxygens (including phenoxy) is 1. The van der Waals surface area contributed by atoms with Gasteiger partial charge in [0.2, 0.25) is 5.91 Å². The lowest BCUT2D eigenvalue weighted by atomic mass is 9.96. The van der Waals surface area contributed by atoms with Gasteiger partial charge in [-0.1, -0.05) is 72.8 Å². The molecular weight excluding hydrogens is 432 g/mol. The van der Waals surface area contributed by atoms with Crippen molar-refractivity contribution in [3.8, 4) is 17.0 Å². The van der Waals surface area contributed by atoms with E-state index in [1.54, 1.807) is 13.2 Å². The van der Waals surface area contributed by atoms with Gasteiger partial charge in [0.1, 0.15) is 5.75 Å². The van der Waals surface area contributed by atoms with E-state index >= 15 is 0 Å². The highest BCUT2D eigenvalue weighted by atomic mass is 16.5. The number of amides is 1. The van der Waals surface area contributed by atoms with E-state index < -0.39 is 0 Å². The lowest BCUT2D eigenvalue weighted by Gasteiger charge is -2.26. The van der Waals surface area contributed by atoms with E-state index in [9.17, 15) is 4.79 Å². The molecule has 172 valence electrons. The van der Waals surface area contributed by atoms with Crippen LogP contribution in [0.25, 0.3) is 32.9 Å². The first kappa shape index (κ1) is 21.2. The van der Waals surface area contributed by atoms with Crippen LogP contribution in [0.3, 0.4) is 0 Å². The summed E-state index contributed by atoms with van der Waals surface area (Å²) < 4.78 is 7.56. The van der Waals surface area contributed by atoms with Gasteiger partial charge in [0.05, 0.1) is 18.8 Å². The topological polar surface area (TPSA) is 34.5 Å². The largest absolute Gasteiger partial charge is 0.497 e. The Labute approximate surface area is 204 Å². The molecule has 4 aromatic carbocycles. The first-order valence-electron chi connectivity index (χ1n) is 11.8. The fourth-order valence-electron chi connectivity index (χ4n) is 5.27. The molecule has 4 nitrogen and oxygen atoms in total. The molecule has 2 heterocycles. The lowest BCUT2D eigenvalue weighted by molar-refractivity contribution is -0.126. The van der Waals surface area contributed by atoms with Crippen molar-refractivity contribution in [2.24, 2.45) is 7.05 Å². The van der Waals surface area contributed by atoms with Gasteiger partial charge in [0.25, 0.3) is 0 Å². The number of hydrogen-bond acceptors (Lipinski definition) is 2. The molecule has 0 fully saturated rings. The minimum absolute atomic E-state index is 0.0308. The maximum absolute atomic E-state index is 13.1. The van der Waals surface area contributed by atoms with Crippen LogP contribution < -0.4 is 4.74 Å². The van der Waals surface area contributed by atoms with E-state index in [2.05, 4.69) is 78.3 Å². The molecule has 0 saturated carbocycles. The van der Waals surface area contributed by atoms with Gasteiger partial charge in [0, 0.05) is 36.1 Å². The number of aryl methyl sites for hydroxylation is 1. The van der Waals surface area contributed by atoms with Crippen LogP contribution in [0.15, 0.2) is 103 Å². The van der Waals surface area contributed by atoms with Crippen LogP contribution >= 0.6 is 0 Å². The average molecular weight is 459 g/mol. The number of carbonyl (C=O) groups excluding carboxylic acids is 1. The van der Waals surface area contributed by atoms with Gasteiger partial charge in [-0.05, 0) is 46.2 Å². The predicted octanol–water partition coefficient (Wildman–Crippen LogP) is 6.65. The fourth-order valence-corrected chi connectivity index (χ4v) is 5.27. The van der Waals surface area contributed by atoms with Crippen molar-refractivity contribution in [1.82, 2.24) is 9.47 Å². The number of benzene rings is 4. The number of fused-ring (bicyclic) bond motifs is 2. The van der Waals surface area contributed by atoms with Gasteiger partial charge in [-0.3, -0.25) is 4.79 Å². The first-order chi connectivity index (χ1) is 17.1. The van der Waals surface area contributed by atoms with Crippen molar-refractivity contribution in [2.45, 2.75) is 12.6 Å². The van der Waals surface area contributed by atoms with Crippen LogP contribution in [-0.2, 0) is 18.4 Å². The molecule has 1 aliphatic rings. The van der Waals surface area contributed by atoms with E-state index in [1.807, 2.05) is 35.2 Å². The van der Waals surface area contributed by atoms with E-state index in [-0.39, 0.29) is 11.9 Å². The van der Waals surface area contributed by atoms with Gasteiger partial charge >= 0.3 is 0 Å². The van der Waals surface area contributed by atoms with Crippen molar-refractivity contribution < 1.29 is 9.53 Å². The zero-order valence-corrected chi connectivity index (χ0v) is 19.8. The van der Waals surface area contributed by atoms with Gasteiger partial charge in [-0.2, -0.15) is 0 Å². The summed E-state index contributed by atoms with van der Waals surface area (Å²) in [5.41, 5.74) is 5.67.